The Balaban J connectivity index is 2.40. The molecule has 1 heterocycles. The molecule has 84 valence electrons. The molecule has 0 bridgehead atoms. The van der Waals surface area contributed by atoms with Crippen LogP contribution in [-0.4, -0.2) is 20.1 Å². The van der Waals surface area contributed by atoms with E-state index in [0.717, 1.165) is 11.4 Å². The smallest absolute Gasteiger partial charge is 0.1000 e. The number of nitrogens with zero attached hydrogens (tertiary/aromatic N) is 3. The molecule has 0 aliphatic rings. The van der Waals surface area contributed by atoms with E-state index in [-0.39, 0.29) is 5.92 Å². The van der Waals surface area contributed by atoms with Gasteiger partial charge in [-0.05, 0) is 18.1 Å². The van der Waals surface area contributed by atoms with E-state index in [0.29, 0.717) is 0 Å². The Labute approximate surface area is 94.5 Å². The molecule has 1 N–H and O–H groups in total. The summed E-state index contributed by atoms with van der Waals surface area (Å²) in [6, 6.07) is 9.68. The van der Waals surface area contributed by atoms with Crippen LogP contribution in [0.25, 0.3) is 5.69 Å². The third-order valence-corrected chi connectivity index (χ3v) is 2.51. The van der Waals surface area contributed by atoms with E-state index in [1.54, 1.807) is 10.9 Å². The highest BCUT2D eigenvalue weighted by molar-refractivity contribution is 5.31. The molecule has 1 aromatic carbocycles. The molecule has 1 unspecified atom stereocenters. The van der Waals surface area contributed by atoms with Gasteiger partial charge in [0.25, 0.3) is 0 Å². The van der Waals surface area contributed by atoms with Gasteiger partial charge in [-0.15, -0.1) is 5.10 Å². The third kappa shape index (κ3) is 1.97. The Morgan fingerprint density at radius 3 is 2.50 bits per heavy atom. The zero-order chi connectivity index (χ0) is 11.5. The van der Waals surface area contributed by atoms with Crippen molar-refractivity contribution < 1.29 is 5.11 Å². The second-order valence-corrected chi connectivity index (χ2v) is 4.10. The predicted molar refractivity (Wildman–Crippen MR) is 61.2 cm³/mol. The van der Waals surface area contributed by atoms with Crippen molar-refractivity contribution in [2.24, 2.45) is 5.92 Å². The Morgan fingerprint density at radius 1 is 1.19 bits per heavy atom. The number of rotatable bonds is 3. The Morgan fingerprint density at radius 2 is 1.88 bits per heavy atom. The van der Waals surface area contributed by atoms with Crippen molar-refractivity contribution in [2.45, 2.75) is 20.0 Å². The second kappa shape index (κ2) is 4.45. The minimum atomic E-state index is -0.546. The molecule has 0 aliphatic carbocycles. The van der Waals surface area contributed by atoms with Gasteiger partial charge in [-0.3, -0.25) is 0 Å². The molecule has 16 heavy (non-hydrogen) atoms. The summed E-state index contributed by atoms with van der Waals surface area (Å²) < 4.78 is 1.67. The first-order valence-electron chi connectivity index (χ1n) is 5.34. The van der Waals surface area contributed by atoms with E-state index < -0.39 is 6.10 Å². The van der Waals surface area contributed by atoms with Crippen LogP contribution in [0.1, 0.15) is 25.6 Å². The molecule has 0 radical (unpaired) electrons. The summed E-state index contributed by atoms with van der Waals surface area (Å²) in [5.41, 5.74) is 1.64. The average molecular weight is 217 g/mol. The van der Waals surface area contributed by atoms with Crippen LogP contribution in [0.3, 0.4) is 0 Å². The van der Waals surface area contributed by atoms with Crippen LogP contribution in [0.15, 0.2) is 36.5 Å². The standard InChI is InChI=1S/C12H15N3O/c1-9(2)12(16)11-8-13-14-15(11)10-6-4-3-5-7-10/h3-9,12,16H,1-2H3. The van der Waals surface area contributed by atoms with Crippen LogP contribution in [-0.2, 0) is 0 Å². The van der Waals surface area contributed by atoms with Crippen LogP contribution >= 0.6 is 0 Å². The first-order valence-corrected chi connectivity index (χ1v) is 5.34. The fraction of sp³-hybridized carbons (Fsp3) is 0.333. The summed E-state index contributed by atoms with van der Waals surface area (Å²) in [6.45, 7) is 3.93. The highest BCUT2D eigenvalue weighted by Gasteiger charge is 2.18. The monoisotopic (exact) mass is 217 g/mol. The number of aliphatic hydroxyl groups excluding tert-OH is 1. The fourth-order valence-electron chi connectivity index (χ4n) is 1.56. The molecule has 0 saturated carbocycles. The Hall–Kier alpha value is -1.68. The van der Waals surface area contributed by atoms with Crippen molar-refractivity contribution in [3.8, 4) is 5.69 Å². The molecule has 1 atom stereocenters. The number of para-hydroxylation sites is 1. The molecule has 2 aromatic rings. The highest BCUT2D eigenvalue weighted by Crippen LogP contribution is 2.22. The van der Waals surface area contributed by atoms with Crippen LogP contribution in [0.4, 0.5) is 0 Å². The van der Waals surface area contributed by atoms with Gasteiger partial charge in [0.1, 0.15) is 0 Å². The van der Waals surface area contributed by atoms with Gasteiger partial charge in [-0.25, -0.2) is 4.68 Å². The summed E-state index contributed by atoms with van der Waals surface area (Å²) >= 11 is 0. The summed E-state index contributed by atoms with van der Waals surface area (Å²) in [6.07, 6.45) is 1.06. The summed E-state index contributed by atoms with van der Waals surface area (Å²) in [5, 5.41) is 17.9. The maximum Gasteiger partial charge on any atom is 0.1000 e. The van der Waals surface area contributed by atoms with Crippen molar-refractivity contribution in [1.29, 1.82) is 0 Å². The molecule has 4 nitrogen and oxygen atoms in total. The topological polar surface area (TPSA) is 50.9 Å². The van der Waals surface area contributed by atoms with Gasteiger partial charge in [-0.1, -0.05) is 37.3 Å². The number of benzene rings is 1. The van der Waals surface area contributed by atoms with Crippen LogP contribution in [0.2, 0.25) is 0 Å². The van der Waals surface area contributed by atoms with Crippen LogP contribution in [0.5, 0.6) is 0 Å². The maximum absolute atomic E-state index is 10.0. The SMILES string of the molecule is CC(C)C(O)c1cnnn1-c1ccccc1. The van der Waals surface area contributed by atoms with Gasteiger partial charge in [0, 0.05) is 0 Å². The highest BCUT2D eigenvalue weighted by atomic mass is 16.3. The molecule has 1 aromatic heterocycles. The predicted octanol–water partition coefficient (Wildman–Crippen LogP) is 1.96. The second-order valence-electron chi connectivity index (χ2n) is 4.10. The molecule has 0 aliphatic heterocycles. The number of aromatic nitrogens is 3. The molecule has 0 saturated heterocycles. The van der Waals surface area contributed by atoms with Crippen molar-refractivity contribution in [1.82, 2.24) is 15.0 Å². The van der Waals surface area contributed by atoms with Gasteiger partial charge in [0.05, 0.1) is 23.7 Å². The number of hydrogen-bond donors (Lipinski definition) is 1. The van der Waals surface area contributed by atoms with Crippen molar-refractivity contribution in [2.75, 3.05) is 0 Å². The molecule has 0 spiro atoms. The minimum Gasteiger partial charge on any atom is -0.386 e. The van der Waals surface area contributed by atoms with E-state index >= 15 is 0 Å². The summed E-state index contributed by atoms with van der Waals surface area (Å²) in [7, 11) is 0. The lowest BCUT2D eigenvalue weighted by Gasteiger charge is -2.15. The van der Waals surface area contributed by atoms with Gasteiger partial charge in [-0.2, -0.15) is 0 Å². The lowest BCUT2D eigenvalue weighted by atomic mass is 10.0. The van der Waals surface area contributed by atoms with Gasteiger partial charge in [0.15, 0.2) is 0 Å². The number of aliphatic hydroxyl groups is 1. The summed E-state index contributed by atoms with van der Waals surface area (Å²) in [5.74, 6) is 0.140. The van der Waals surface area contributed by atoms with Crippen molar-refractivity contribution in [3.63, 3.8) is 0 Å². The molecule has 2 rings (SSSR count). The number of hydrogen-bond acceptors (Lipinski definition) is 3. The zero-order valence-corrected chi connectivity index (χ0v) is 9.41. The Bertz CT molecular complexity index is 450. The van der Waals surface area contributed by atoms with Gasteiger partial charge in [0.2, 0.25) is 0 Å². The van der Waals surface area contributed by atoms with Crippen LogP contribution < -0.4 is 0 Å². The first kappa shape index (κ1) is 10.8. The maximum atomic E-state index is 10.0. The van der Waals surface area contributed by atoms with E-state index in [1.807, 2.05) is 44.2 Å². The van der Waals surface area contributed by atoms with Crippen molar-refractivity contribution >= 4 is 0 Å². The molecule has 0 fully saturated rings. The van der Waals surface area contributed by atoms with Crippen molar-refractivity contribution in [3.05, 3.63) is 42.2 Å². The van der Waals surface area contributed by atoms with Gasteiger partial charge >= 0.3 is 0 Å². The van der Waals surface area contributed by atoms with E-state index in [9.17, 15) is 5.11 Å². The summed E-state index contributed by atoms with van der Waals surface area (Å²) in [4.78, 5) is 0. The van der Waals surface area contributed by atoms with E-state index in [1.165, 1.54) is 0 Å². The third-order valence-electron chi connectivity index (χ3n) is 2.51. The average Bonchev–Trinajstić information content (AvgIpc) is 2.77. The Kier molecular flexibility index (Phi) is 3.01. The quantitative estimate of drug-likeness (QED) is 0.855. The fourth-order valence-corrected chi connectivity index (χ4v) is 1.56. The first-order chi connectivity index (χ1) is 7.70. The van der Waals surface area contributed by atoms with Gasteiger partial charge < -0.3 is 5.11 Å². The molecule has 4 heteroatoms. The molecular weight excluding hydrogens is 202 g/mol. The lowest BCUT2D eigenvalue weighted by molar-refractivity contribution is 0.120. The molecule has 0 amide bonds. The van der Waals surface area contributed by atoms with E-state index in [4.69, 9.17) is 0 Å². The zero-order valence-electron chi connectivity index (χ0n) is 9.41. The van der Waals surface area contributed by atoms with E-state index in [2.05, 4.69) is 10.3 Å². The lowest BCUT2D eigenvalue weighted by Crippen LogP contribution is -2.11. The largest absolute Gasteiger partial charge is 0.386 e. The van der Waals surface area contributed by atoms with Crippen LogP contribution in [0, 0.1) is 5.92 Å². The normalized spacial score (nSPS) is 13.0. The minimum absolute atomic E-state index is 0.140. The molecular formula is C12H15N3O.